The molecule has 1 saturated carbocycles. The summed E-state index contributed by atoms with van der Waals surface area (Å²) in [5, 5.41) is 20.2. The molecule has 120 valence electrons. The van der Waals surface area contributed by atoms with E-state index in [2.05, 4.69) is 21.1 Å². The van der Waals surface area contributed by atoms with E-state index in [1.165, 1.54) is 57.8 Å². The largest absolute Gasteiger partial charge is 0.302 e. The Kier molecular flexibility index (Phi) is 6.01. The van der Waals surface area contributed by atoms with Crippen molar-refractivity contribution in [3.63, 3.8) is 0 Å². The summed E-state index contributed by atoms with van der Waals surface area (Å²) >= 11 is 0. The van der Waals surface area contributed by atoms with Crippen molar-refractivity contribution < 1.29 is 0 Å². The minimum absolute atomic E-state index is 0.272. The van der Waals surface area contributed by atoms with Crippen LogP contribution in [0.4, 0.5) is 0 Å². The van der Waals surface area contributed by atoms with Crippen LogP contribution < -0.4 is 16.0 Å². The first-order chi connectivity index (χ1) is 10.4. The molecule has 0 bridgehead atoms. The van der Waals surface area contributed by atoms with Crippen LogP contribution in [-0.4, -0.2) is 37.5 Å². The Bertz CT molecular complexity index is 321. The topological polar surface area (TPSA) is 60.8 Å². The van der Waals surface area contributed by atoms with E-state index in [1.807, 2.05) is 0 Å². The van der Waals surface area contributed by atoms with E-state index in [9.17, 15) is 0 Å². The fraction of sp³-hybridized carbons (Fsp3) is 1.00. The zero-order valence-electron chi connectivity index (χ0n) is 13.2. The van der Waals surface area contributed by atoms with Gasteiger partial charge in [0.1, 0.15) is 6.17 Å². The van der Waals surface area contributed by atoms with Crippen LogP contribution in [0.2, 0.25) is 0 Å². The lowest BCUT2D eigenvalue weighted by Gasteiger charge is -2.34. The second-order valence-electron chi connectivity index (χ2n) is 6.82. The molecule has 21 heavy (non-hydrogen) atoms. The third-order valence-corrected chi connectivity index (χ3v) is 5.09. The molecule has 0 amide bonds. The number of azo groups is 1. The molecule has 2 heterocycles. The van der Waals surface area contributed by atoms with Crippen LogP contribution >= 0.6 is 0 Å². The van der Waals surface area contributed by atoms with Crippen molar-refractivity contribution >= 4 is 0 Å². The van der Waals surface area contributed by atoms with Crippen LogP contribution in [0.1, 0.15) is 64.2 Å². The summed E-state index contributed by atoms with van der Waals surface area (Å²) in [7, 11) is 0. The highest BCUT2D eigenvalue weighted by Gasteiger charge is 2.28. The summed E-state index contributed by atoms with van der Waals surface area (Å²) in [6.45, 7) is 2.25. The molecule has 3 fully saturated rings. The summed E-state index contributed by atoms with van der Waals surface area (Å²) in [5.41, 5.74) is 0. The van der Waals surface area contributed by atoms with Gasteiger partial charge in [0.2, 0.25) is 0 Å². The molecule has 0 spiro atoms. The summed E-state index contributed by atoms with van der Waals surface area (Å²) in [6.07, 6.45) is 13.5. The van der Waals surface area contributed by atoms with Crippen LogP contribution in [0, 0.1) is 0 Å². The van der Waals surface area contributed by atoms with Crippen LogP contribution in [0.25, 0.3) is 0 Å². The van der Waals surface area contributed by atoms with Crippen molar-refractivity contribution in [1.82, 2.24) is 16.0 Å². The van der Waals surface area contributed by atoms with E-state index in [0.29, 0.717) is 18.2 Å². The van der Waals surface area contributed by atoms with Gasteiger partial charge in [0.05, 0.1) is 12.2 Å². The number of hydrogen-bond acceptors (Lipinski definition) is 5. The Morgan fingerprint density at radius 2 is 1.48 bits per heavy atom. The summed E-state index contributed by atoms with van der Waals surface area (Å²) in [4.78, 5) is 0. The van der Waals surface area contributed by atoms with E-state index < -0.39 is 0 Å². The molecule has 0 aromatic carbocycles. The van der Waals surface area contributed by atoms with Crippen molar-refractivity contribution in [2.75, 3.05) is 13.1 Å². The van der Waals surface area contributed by atoms with E-state index in [-0.39, 0.29) is 6.17 Å². The zero-order valence-corrected chi connectivity index (χ0v) is 13.2. The minimum atomic E-state index is 0.272. The molecule has 3 rings (SSSR count). The molecular weight excluding hydrogens is 262 g/mol. The molecule has 4 unspecified atom stereocenters. The van der Waals surface area contributed by atoms with Crippen molar-refractivity contribution in [2.45, 2.75) is 88.6 Å². The molecule has 2 saturated heterocycles. The van der Waals surface area contributed by atoms with E-state index >= 15 is 0 Å². The van der Waals surface area contributed by atoms with E-state index in [0.717, 1.165) is 19.5 Å². The molecule has 5 heteroatoms. The third-order valence-electron chi connectivity index (χ3n) is 5.09. The van der Waals surface area contributed by atoms with Crippen molar-refractivity contribution in [3.8, 4) is 0 Å². The molecule has 2 aliphatic heterocycles. The Morgan fingerprint density at radius 3 is 2.24 bits per heavy atom. The first-order valence-electron chi connectivity index (χ1n) is 9.04. The monoisotopic (exact) mass is 293 g/mol. The molecule has 1 aliphatic carbocycles. The molecule has 0 radical (unpaired) electrons. The number of piperidine rings is 2. The molecule has 0 aromatic rings. The van der Waals surface area contributed by atoms with Crippen molar-refractivity contribution in [2.24, 2.45) is 10.2 Å². The van der Waals surface area contributed by atoms with Gasteiger partial charge >= 0.3 is 0 Å². The van der Waals surface area contributed by atoms with Gasteiger partial charge in [0.15, 0.2) is 0 Å². The summed E-state index contributed by atoms with van der Waals surface area (Å²) in [6, 6.07) is 0.896. The molecular formula is C16H31N5. The van der Waals surface area contributed by atoms with Gasteiger partial charge < -0.3 is 5.32 Å². The molecule has 0 aromatic heterocycles. The fourth-order valence-electron chi connectivity index (χ4n) is 3.79. The fourth-order valence-corrected chi connectivity index (χ4v) is 3.79. The summed E-state index contributed by atoms with van der Waals surface area (Å²) in [5.74, 6) is 0. The van der Waals surface area contributed by atoms with Crippen LogP contribution in [-0.2, 0) is 0 Å². The highest BCUT2D eigenvalue weighted by molar-refractivity contribution is 4.88. The van der Waals surface area contributed by atoms with Gasteiger partial charge in [0, 0.05) is 6.04 Å². The second-order valence-corrected chi connectivity index (χ2v) is 6.82. The zero-order chi connectivity index (χ0) is 14.3. The predicted octanol–water partition coefficient (Wildman–Crippen LogP) is 2.54. The van der Waals surface area contributed by atoms with Gasteiger partial charge in [-0.05, 0) is 64.5 Å². The molecule has 4 atom stereocenters. The van der Waals surface area contributed by atoms with Crippen LogP contribution in [0.5, 0.6) is 0 Å². The van der Waals surface area contributed by atoms with Crippen molar-refractivity contribution in [1.29, 1.82) is 0 Å². The maximum Gasteiger partial charge on any atom is 0.120 e. The molecule has 3 aliphatic rings. The smallest absolute Gasteiger partial charge is 0.120 e. The Morgan fingerprint density at radius 1 is 0.714 bits per heavy atom. The first kappa shape index (κ1) is 15.4. The highest BCUT2D eigenvalue weighted by Crippen LogP contribution is 2.23. The standard InChI is InChI=1S/C16H31N5/c1-2-8-14(20-21-16-10-4-6-12-18-16)13(7-1)19-15-9-3-5-11-17-15/h13-19H,1-12H2. The SMILES string of the molecule is C1CCC(N=NC2CCCCC2NC2CCCCN2)NC1. The van der Waals surface area contributed by atoms with Gasteiger partial charge in [-0.2, -0.15) is 10.2 Å². The molecule has 5 nitrogen and oxygen atoms in total. The Labute approximate surface area is 128 Å². The Hall–Kier alpha value is -0.520. The number of nitrogens with one attached hydrogen (secondary N) is 3. The quantitative estimate of drug-likeness (QED) is 0.698. The van der Waals surface area contributed by atoms with E-state index in [4.69, 9.17) is 5.11 Å². The van der Waals surface area contributed by atoms with Gasteiger partial charge in [-0.25, -0.2) is 0 Å². The van der Waals surface area contributed by atoms with Crippen molar-refractivity contribution in [3.05, 3.63) is 0 Å². The average Bonchev–Trinajstić information content (AvgIpc) is 2.56. The number of hydrogen-bond donors (Lipinski definition) is 3. The van der Waals surface area contributed by atoms with Crippen LogP contribution in [0.3, 0.4) is 0 Å². The average molecular weight is 293 g/mol. The lowest BCUT2D eigenvalue weighted by atomic mass is 9.90. The van der Waals surface area contributed by atoms with Gasteiger partial charge in [-0.1, -0.05) is 12.8 Å². The molecule has 3 N–H and O–H groups in total. The van der Waals surface area contributed by atoms with Crippen LogP contribution in [0.15, 0.2) is 10.2 Å². The number of rotatable bonds is 4. The normalized spacial score (nSPS) is 38.7. The van der Waals surface area contributed by atoms with E-state index in [1.54, 1.807) is 0 Å². The maximum absolute atomic E-state index is 4.73. The lowest BCUT2D eigenvalue weighted by Crippen LogP contribution is -2.53. The minimum Gasteiger partial charge on any atom is -0.302 e. The van der Waals surface area contributed by atoms with Gasteiger partial charge in [0.25, 0.3) is 0 Å². The lowest BCUT2D eigenvalue weighted by molar-refractivity contribution is 0.245. The first-order valence-corrected chi connectivity index (χ1v) is 9.04. The van der Waals surface area contributed by atoms with Gasteiger partial charge in [-0.3, -0.25) is 10.6 Å². The van der Waals surface area contributed by atoms with Gasteiger partial charge in [-0.15, -0.1) is 0 Å². The Balaban J connectivity index is 1.51. The highest BCUT2D eigenvalue weighted by atomic mass is 15.2. The third kappa shape index (κ3) is 4.73. The predicted molar refractivity (Wildman–Crippen MR) is 85.3 cm³/mol. The number of nitrogens with zero attached hydrogens (tertiary/aromatic N) is 2. The summed E-state index contributed by atoms with van der Waals surface area (Å²) < 4.78 is 0. The second kappa shape index (κ2) is 8.20. The maximum atomic E-state index is 4.73.